The van der Waals surface area contributed by atoms with Gasteiger partial charge in [0.1, 0.15) is 5.01 Å². The zero-order chi connectivity index (χ0) is 39.1. The molecule has 59 heavy (non-hydrogen) atoms. The van der Waals surface area contributed by atoms with E-state index in [0.717, 1.165) is 82.0 Å². The molecule has 11 rings (SSSR count). The molecule has 0 aliphatic carbocycles. The van der Waals surface area contributed by atoms with Gasteiger partial charge in [0, 0.05) is 33.8 Å². The maximum atomic E-state index is 5.26. The summed E-state index contributed by atoms with van der Waals surface area (Å²) in [7, 11) is 0. The first-order chi connectivity index (χ1) is 29.2. The third-order valence-electron chi connectivity index (χ3n) is 11.2. The number of fused-ring (bicyclic) bond motifs is 3. The van der Waals surface area contributed by atoms with E-state index in [2.05, 4.69) is 205 Å². The molecule has 0 spiro atoms. The lowest BCUT2D eigenvalue weighted by atomic mass is 9.86. The molecule has 8 aromatic carbocycles. The molecule has 3 nitrogen and oxygen atoms in total. The lowest BCUT2D eigenvalue weighted by Crippen LogP contribution is -1.94. The highest BCUT2D eigenvalue weighted by Crippen LogP contribution is 2.44. The fourth-order valence-electron chi connectivity index (χ4n) is 8.38. The van der Waals surface area contributed by atoms with Crippen LogP contribution in [-0.2, 0) is 0 Å². The van der Waals surface area contributed by atoms with E-state index in [1.807, 2.05) is 12.3 Å². The van der Waals surface area contributed by atoms with Gasteiger partial charge in [-0.1, -0.05) is 176 Å². The fourth-order valence-corrected chi connectivity index (χ4v) is 9.41. The van der Waals surface area contributed by atoms with Gasteiger partial charge in [0.15, 0.2) is 0 Å². The second kappa shape index (κ2) is 14.8. The molecule has 0 bridgehead atoms. The first-order valence-electron chi connectivity index (χ1n) is 19.8. The van der Waals surface area contributed by atoms with E-state index in [4.69, 9.17) is 9.97 Å². The molecule has 0 saturated heterocycles. The van der Waals surface area contributed by atoms with Crippen LogP contribution in [0.5, 0.6) is 0 Å². The molecular formula is C55H35N3S. The van der Waals surface area contributed by atoms with Gasteiger partial charge in [0.25, 0.3) is 0 Å². The molecule has 3 heterocycles. The molecule has 4 heteroatoms. The largest absolute Gasteiger partial charge is 0.256 e. The van der Waals surface area contributed by atoms with E-state index in [9.17, 15) is 0 Å². The molecule has 0 saturated carbocycles. The minimum Gasteiger partial charge on any atom is -0.256 e. The maximum absolute atomic E-state index is 5.26. The van der Waals surface area contributed by atoms with Crippen molar-refractivity contribution in [2.45, 2.75) is 0 Å². The number of hydrogen-bond acceptors (Lipinski definition) is 4. The summed E-state index contributed by atoms with van der Waals surface area (Å²) in [5.74, 6) is 0. The summed E-state index contributed by atoms with van der Waals surface area (Å²) >= 11 is 1.73. The van der Waals surface area contributed by atoms with Gasteiger partial charge in [-0.05, 0) is 80.0 Å². The summed E-state index contributed by atoms with van der Waals surface area (Å²) in [6.07, 6.45) is 1.84. The van der Waals surface area contributed by atoms with Gasteiger partial charge in [0.05, 0.1) is 27.1 Å². The van der Waals surface area contributed by atoms with Crippen LogP contribution in [0, 0.1) is 0 Å². The Kier molecular flexibility index (Phi) is 8.68. The number of rotatable bonds is 7. The van der Waals surface area contributed by atoms with Crippen LogP contribution < -0.4 is 0 Å². The molecule has 0 atom stereocenters. The van der Waals surface area contributed by atoms with Crippen LogP contribution in [0.4, 0.5) is 0 Å². The Balaban J connectivity index is 1.04. The van der Waals surface area contributed by atoms with Crippen LogP contribution in [0.3, 0.4) is 0 Å². The van der Waals surface area contributed by atoms with Gasteiger partial charge >= 0.3 is 0 Å². The van der Waals surface area contributed by atoms with Crippen molar-refractivity contribution in [2.24, 2.45) is 0 Å². The van der Waals surface area contributed by atoms with Crippen molar-refractivity contribution < 1.29 is 0 Å². The van der Waals surface area contributed by atoms with Crippen molar-refractivity contribution in [3.8, 4) is 77.6 Å². The zero-order valence-corrected chi connectivity index (χ0v) is 32.8. The second-order valence-corrected chi connectivity index (χ2v) is 15.8. The monoisotopic (exact) mass is 769 g/mol. The molecule has 11 aromatic rings. The molecule has 0 aliphatic heterocycles. The van der Waals surface area contributed by atoms with Crippen LogP contribution in [-0.4, -0.2) is 15.0 Å². The van der Waals surface area contributed by atoms with Crippen molar-refractivity contribution in [3.05, 3.63) is 212 Å². The Morgan fingerprint density at radius 1 is 0.356 bits per heavy atom. The number of benzene rings is 8. The lowest BCUT2D eigenvalue weighted by molar-refractivity contribution is 1.32. The third-order valence-corrected chi connectivity index (χ3v) is 12.3. The molecule has 0 unspecified atom stereocenters. The summed E-state index contributed by atoms with van der Waals surface area (Å²) in [6.45, 7) is 0. The Hall–Kier alpha value is -7.53. The number of aromatic nitrogens is 3. The highest BCUT2D eigenvalue weighted by molar-refractivity contribution is 7.21. The van der Waals surface area contributed by atoms with Gasteiger partial charge in [-0.15, -0.1) is 11.3 Å². The second-order valence-electron chi connectivity index (χ2n) is 14.7. The SMILES string of the molecule is c1ccc(-c2cc(-c3ccccc3-c3ccc4ccccc4c3-c3ccc(-c4cccc5sc(-c6cccc7ncccc67)nc45)cc3)cc(-c3ccccc3)n2)cc1. The number of hydrogen-bond donors (Lipinski definition) is 0. The number of para-hydroxylation sites is 1. The summed E-state index contributed by atoms with van der Waals surface area (Å²) in [6, 6.07) is 73.4. The third kappa shape index (κ3) is 6.37. The van der Waals surface area contributed by atoms with Crippen molar-refractivity contribution in [2.75, 3.05) is 0 Å². The highest BCUT2D eigenvalue weighted by atomic mass is 32.1. The van der Waals surface area contributed by atoms with E-state index >= 15 is 0 Å². The number of nitrogens with zero attached hydrogens (tertiary/aromatic N) is 3. The standard InChI is InChI=1S/C55H35N3S/c1-3-15-38(16-4-1)50-34-41(35-51(57-50)39-17-5-2-6-18-39)42-19-9-10-21-45(42)47-32-31-36-14-7-8-20-43(36)53(47)40-29-27-37(28-30-40)44-22-12-26-52-54(44)58-55(59-52)48-23-11-25-49-46(48)24-13-33-56-49/h1-35H. The molecule has 0 N–H and O–H groups in total. The molecular weight excluding hydrogens is 735 g/mol. The van der Waals surface area contributed by atoms with Crippen LogP contribution in [0.25, 0.3) is 109 Å². The van der Waals surface area contributed by atoms with E-state index in [1.165, 1.54) is 27.5 Å². The van der Waals surface area contributed by atoms with Crippen LogP contribution in [0.1, 0.15) is 0 Å². The zero-order valence-electron chi connectivity index (χ0n) is 32.0. The van der Waals surface area contributed by atoms with Gasteiger partial charge in [0.2, 0.25) is 0 Å². The molecule has 276 valence electrons. The number of pyridine rings is 2. The van der Waals surface area contributed by atoms with E-state index < -0.39 is 0 Å². The van der Waals surface area contributed by atoms with Crippen molar-refractivity contribution in [1.29, 1.82) is 0 Å². The molecule has 0 aliphatic rings. The smallest absolute Gasteiger partial charge is 0.125 e. The molecule has 0 fully saturated rings. The molecule has 0 radical (unpaired) electrons. The topological polar surface area (TPSA) is 38.7 Å². The summed E-state index contributed by atoms with van der Waals surface area (Å²) in [5, 5.41) is 4.54. The number of thiazole rings is 1. The van der Waals surface area contributed by atoms with Crippen LogP contribution >= 0.6 is 11.3 Å². The Labute approximate surface area is 346 Å². The first kappa shape index (κ1) is 34.7. The summed E-state index contributed by atoms with van der Waals surface area (Å²) in [5.41, 5.74) is 16.4. The Morgan fingerprint density at radius 3 is 1.76 bits per heavy atom. The average molecular weight is 770 g/mol. The Morgan fingerprint density at radius 2 is 0.983 bits per heavy atom. The predicted molar refractivity (Wildman–Crippen MR) is 248 cm³/mol. The van der Waals surface area contributed by atoms with Crippen molar-refractivity contribution >= 4 is 43.2 Å². The van der Waals surface area contributed by atoms with E-state index in [-0.39, 0.29) is 0 Å². The minimum absolute atomic E-state index is 0.947. The van der Waals surface area contributed by atoms with Gasteiger partial charge in [-0.2, -0.15) is 0 Å². The molecule has 3 aromatic heterocycles. The minimum atomic E-state index is 0.947. The van der Waals surface area contributed by atoms with Crippen molar-refractivity contribution in [3.63, 3.8) is 0 Å². The normalized spacial score (nSPS) is 11.4. The van der Waals surface area contributed by atoms with Gasteiger partial charge < -0.3 is 0 Å². The van der Waals surface area contributed by atoms with Crippen LogP contribution in [0.15, 0.2) is 212 Å². The van der Waals surface area contributed by atoms with Gasteiger partial charge in [-0.25, -0.2) is 9.97 Å². The van der Waals surface area contributed by atoms with E-state index in [0.29, 0.717) is 0 Å². The average Bonchev–Trinajstić information content (AvgIpc) is 3.76. The summed E-state index contributed by atoms with van der Waals surface area (Å²) < 4.78 is 1.16. The van der Waals surface area contributed by atoms with Gasteiger partial charge in [-0.3, -0.25) is 4.98 Å². The predicted octanol–water partition coefficient (Wildman–Crippen LogP) is 15.1. The summed E-state index contributed by atoms with van der Waals surface area (Å²) in [4.78, 5) is 15.0. The molecule has 0 amide bonds. The highest BCUT2D eigenvalue weighted by Gasteiger charge is 2.19. The Bertz CT molecular complexity index is 3250. The van der Waals surface area contributed by atoms with Crippen LogP contribution in [0.2, 0.25) is 0 Å². The quantitative estimate of drug-likeness (QED) is 0.162. The fraction of sp³-hybridized carbons (Fsp3) is 0. The first-order valence-corrected chi connectivity index (χ1v) is 20.7. The maximum Gasteiger partial charge on any atom is 0.125 e. The van der Waals surface area contributed by atoms with Crippen molar-refractivity contribution in [1.82, 2.24) is 15.0 Å². The van der Waals surface area contributed by atoms with E-state index in [1.54, 1.807) is 11.3 Å². The lowest BCUT2D eigenvalue weighted by Gasteiger charge is -2.18.